The van der Waals surface area contributed by atoms with E-state index in [-0.39, 0.29) is 10.8 Å². The topological polar surface area (TPSA) is 29.7 Å². The highest BCUT2D eigenvalue weighted by molar-refractivity contribution is 5.78. The van der Waals surface area contributed by atoms with E-state index < -0.39 is 0 Å². The molecule has 4 fully saturated rings. The second kappa shape index (κ2) is 8.53. The smallest absolute Gasteiger partial charge is 0.341 e. The van der Waals surface area contributed by atoms with Crippen LogP contribution in [-0.4, -0.2) is 36.7 Å². The minimum atomic E-state index is 0.113. The van der Waals surface area contributed by atoms with E-state index in [0.29, 0.717) is 11.5 Å². The summed E-state index contributed by atoms with van der Waals surface area (Å²) in [4.78, 5) is 8.82. The van der Waals surface area contributed by atoms with E-state index in [1.54, 1.807) is 0 Å². The van der Waals surface area contributed by atoms with E-state index >= 15 is 0 Å². The van der Waals surface area contributed by atoms with Gasteiger partial charge in [0.1, 0.15) is 0 Å². The maximum atomic E-state index is 6.41. The summed E-state index contributed by atoms with van der Waals surface area (Å²) in [6, 6.07) is 7.55. The Labute approximate surface area is 219 Å². The Kier molecular flexibility index (Phi) is 5.77. The molecule has 4 nitrogen and oxygen atoms in total. The number of benzene rings is 1. The van der Waals surface area contributed by atoms with Gasteiger partial charge in [-0.3, -0.25) is 0 Å². The standard InChI is InChI=1S/C32H47N3O/c1-30(2,3)25-7-8-27(31(4,5)6)28(16-25)35-12-11-34(21-35)10-9-26-20-36-29(33-26)32-17-22-13-23(18-32)15-24(14-22)19-32/h7-8,11-12,16,22-24,26H,9-10,13-15,17-21H2,1-6H3/p+1/t22?,23?,24?,26-,32?/m0/s1. The van der Waals surface area contributed by atoms with Crippen LogP contribution in [0.15, 0.2) is 30.6 Å². The molecule has 0 amide bonds. The van der Waals surface area contributed by atoms with Gasteiger partial charge in [0.25, 0.3) is 0 Å². The highest BCUT2D eigenvalue weighted by atomic mass is 16.5. The molecule has 4 saturated carbocycles. The summed E-state index contributed by atoms with van der Waals surface area (Å²) in [7, 11) is 0. The zero-order valence-electron chi connectivity index (χ0n) is 23.6. The summed E-state index contributed by atoms with van der Waals surface area (Å²) < 4.78 is 6.41. The second-order valence-corrected chi connectivity index (χ2v) is 14.9. The van der Waals surface area contributed by atoms with E-state index in [1.807, 2.05) is 0 Å². The Morgan fingerprint density at radius 2 is 1.58 bits per heavy atom. The number of ether oxygens (including phenoxy) is 1. The zero-order valence-corrected chi connectivity index (χ0v) is 23.6. The monoisotopic (exact) mass is 490 g/mol. The molecular formula is C32H48N3O+. The van der Waals surface area contributed by atoms with E-state index in [0.717, 1.165) is 44.0 Å². The van der Waals surface area contributed by atoms with Crippen LogP contribution in [0.2, 0.25) is 0 Å². The Morgan fingerprint density at radius 1 is 0.917 bits per heavy atom. The first-order valence-corrected chi connectivity index (χ1v) is 14.6. The highest BCUT2D eigenvalue weighted by Gasteiger charge is 2.58. The fourth-order valence-electron chi connectivity index (χ4n) is 8.26. The van der Waals surface area contributed by atoms with Gasteiger partial charge in [-0.25, -0.2) is 4.99 Å². The van der Waals surface area contributed by atoms with Crippen molar-refractivity contribution in [2.75, 3.05) is 24.7 Å². The molecule has 0 spiro atoms. The maximum Gasteiger partial charge on any atom is 0.341 e. The number of nitrogens with zero attached hydrogens (tertiary/aromatic N) is 2. The lowest BCUT2D eigenvalue weighted by Gasteiger charge is -2.54. The van der Waals surface area contributed by atoms with E-state index in [1.165, 1.54) is 61.2 Å². The molecule has 1 aromatic carbocycles. The Bertz CT molecular complexity index is 1020. The van der Waals surface area contributed by atoms with Gasteiger partial charge in [-0.1, -0.05) is 53.7 Å². The van der Waals surface area contributed by atoms with E-state index in [9.17, 15) is 0 Å². The number of anilines is 1. The molecule has 2 heterocycles. The van der Waals surface area contributed by atoms with Crippen LogP contribution in [0.1, 0.15) is 97.6 Å². The molecule has 0 radical (unpaired) electrons. The molecular weight excluding hydrogens is 442 g/mol. The van der Waals surface area contributed by atoms with Crippen LogP contribution >= 0.6 is 0 Å². The molecule has 6 aliphatic rings. The summed E-state index contributed by atoms with van der Waals surface area (Å²) in [5.41, 5.74) is 4.79. The van der Waals surface area contributed by atoms with Crippen LogP contribution in [0, 0.1) is 23.2 Å². The molecule has 0 aromatic heterocycles. The van der Waals surface area contributed by atoms with Gasteiger partial charge in [0.15, 0.2) is 12.6 Å². The summed E-state index contributed by atoms with van der Waals surface area (Å²) in [5.74, 6) is 4.16. The minimum Gasteiger partial charge on any atom is -0.441 e. The van der Waals surface area contributed by atoms with Crippen LogP contribution in [-0.2, 0) is 15.6 Å². The van der Waals surface area contributed by atoms with E-state index in [2.05, 4.69) is 86.9 Å². The lowest BCUT2D eigenvalue weighted by Crippen LogP contribution is -2.80. The molecule has 4 heteroatoms. The number of hydrogen-bond acceptors (Lipinski definition) is 3. The van der Waals surface area contributed by atoms with Crippen molar-refractivity contribution in [1.82, 2.24) is 4.90 Å². The van der Waals surface area contributed by atoms with Crippen molar-refractivity contribution >= 4 is 11.6 Å². The number of hydrogen-bond donors (Lipinski definition) is 1. The average molecular weight is 491 g/mol. The maximum absolute atomic E-state index is 6.41. The van der Waals surface area contributed by atoms with Crippen LogP contribution in [0.5, 0.6) is 0 Å². The average Bonchev–Trinajstić information content (AvgIpc) is 3.45. The lowest BCUT2D eigenvalue weighted by atomic mass is 9.49. The van der Waals surface area contributed by atoms with Crippen molar-refractivity contribution in [3.8, 4) is 0 Å². The molecule has 0 unspecified atom stereocenters. The summed E-state index contributed by atoms with van der Waals surface area (Å²) in [6.45, 7) is 16.7. The normalized spacial score (nSPS) is 33.4. The summed E-state index contributed by atoms with van der Waals surface area (Å²) in [6.07, 6.45) is 14.3. The largest absolute Gasteiger partial charge is 0.441 e. The van der Waals surface area contributed by atoms with Crippen molar-refractivity contribution in [3.63, 3.8) is 0 Å². The minimum absolute atomic E-state index is 0.113. The third-order valence-corrected chi connectivity index (χ3v) is 9.82. The fourth-order valence-corrected chi connectivity index (χ4v) is 8.26. The first kappa shape index (κ1) is 24.4. The molecule has 4 aliphatic carbocycles. The van der Waals surface area contributed by atoms with Gasteiger partial charge >= 0.3 is 5.90 Å². The predicted molar refractivity (Wildman–Crippen MR) is 148 cm³/mol. The zero-order chi connectivity index (χ0) is 25.3. The Hall–Kier alpha value is -1.97. The second-order valence-electron chi connectivity index (χ2n) is 14.9. The molecule has 1 atom stereocenters. The van der Waals surface area contributed by atoms with Crippen LogP contribution < -0.4 is 9.89 Å². The quantitative estimate of drug-likeness (QED) is 0.606. The van der Waals surface area contributed by atoms with Crippen LogP contribution in [0.3, 0.4) is 0 Å². The van der Waals surface area contributed by atoms with E-state index in [4.69, 9.17) is 4.74 Å². The molecule has 36 heavy (non-hydrogen) atoms. The molecule has 0 saturated heterocycles. The van der Waals surface area contributed by atoms with Gasteiger partial charge in [-0.2, -0.15) is 0 Å². The van der Waals surface area contributed by atoms with Crippen molar-refractivity contribution in [2.24, 2.45) is 23.2 Å². The molecule has 196 valence electrons. The SMILES string of the molecule is CC(C)(C)c1ccc(C(C)(C)C)c(N2C=CN(CC[C@H]3COC(C45CC6CC(CC(C6)C4)C5)=[NH+]3)C2)c1. The van der Waals surface area contributed by atoms with Gasteiger partial charge in [-0.15, -0.1) is 0 Å². The van der Waals surface area contributed by atoms with Gasteiger partial charge in [-0.05, 0) is 84.3 Å². The third kappa shape index (κ3) is 4.47. The number of nitrogens with one attached hydrogen (secondary N) is 1. The Balaban J connectivity index is 1.10. The third-order valence-electron chi connectivity index (χ3n) is 9.82. The first-order chi connectivity index (χ1) is 17.0. The van der Waals surface area contributed by atoms with Gasteiger partial charge in [0, 0.05) is 31.1 Å². The van der Waals surface area contributed by atoms with Crippen molar-refractivity contribution in [3.05, 3.63) is 41.7 Å². The summed E-state index contributed by atoms with van der Waals surface area (Å²) >= 11 is 0. The van der Waals surface area contributed by atoms with Gasteiger partial charge in [0.05, 0.1) is 12.1 Å². The van der Waals surface area contributed by atoms with Crippen LogP contribution in [0.4, 0.5) is 5.69 Å². The fraction of sp³-hybridized carbons (Fsp3) is 0.719. The lowest BCUT2D eigenvalue weighted by molar-refractivity contribution is -0.496. The van der Waals surface area contributed by atoms with Gasteiger partial charge in [0.2, 0.25) is 0 Å². The number of rotatable bonds is 5. The Morgan fingerprint density at radius 3 is 2.19 bits per heavy atom. The molecule has 4 bridgehead atoms. The van der Waals surface area contributed by atoms with Crippen molar-refractivity contribution in [2.45, 2.75) is 103 Å². The van der Waals surface area contributed by atoms with Crippen molar-refractivity contribution in [1.29, 1.82) is 0 Å². The molecule has 1 aromatic rings. The summed E-state index contributed by atoms with van der Waals surface area (Å²) in [5, 5.41) is 0. The first-order valence-electron chi connectivity index (χ1n) is 14.6. The van der Waals surface area contributed by atoms with Crippen LogP contribution in [0.25, 0.3) is 0 Å². The predicted octanol–water partition coefficient (Wildman–Crippen LogP) is 5.32. The molecule has 1 N–H and O–H groups in total. The molecule has 2 aliphatic heterocycles. The highest BCUT2D eigenvalue weighted by Crippen LogP contribution is 2.60. The van der Waals surface area contributed by atoms with Crippen molar-refractivity contribution < 1.29 is 9.73 Å². The molecule has 7 rings (SSSR count). The van der Waals surface area contributed by atoms with Gasteiger partial charge < -0.3 is 14.5 Å².